The minimum absolute atomic E-state index is 0.122. The molecule has 0 saturated heterocycles. The van der Waals surface area contributed by atoms with Gasteiger partial charge in [-0.15, -0.1) is 0 Å². The molecule has 4 heteroatoms. The van der Waals surface area contributed by atoms with Gasteiger partial charge in [0, 0.05) is 24.5 Å². The quantitative estimate of drug-likeness (QED) is 0.796. The number of aromatic nitrogens is 1. The van der Waals surface area contributed by atoms with Gasteiger partial charge < -0.3 is 10.1 Å². The van der Waals surface area contributed by atoms with E-state index in [1.807, 2.05) is 37.3 Å². The molecule has 116 valence electrons. The molecule has 0 fully saturated rings. The number of hydrogen-bond acceptors (Lipinski definition) is 4. The van der Waals surface area contributed by atoms with E-state index in [2.05, 4.69) is 29.4 Å². The highest BCUT2D eigenvalue weighted by Crippen LogP contribution is 2.22. The van der Waals surface area contributed by atoms with E-state index in [1.165, 1.54) is 5.56 Å². The molecule has 1 aromatic heterocycles. The van der Waals surface area contributed by atoms with E-state index < -0.39 is 0 Å². The molecule has 0 aliphatic carbocycles. The molecule has 2 aromatic rings. The number of benzene rings is 1. The summed E-state index contributed by atoms with van der Waals surface area (Å²) in [6, 6.07) is 14.0. The van der Waals surface area contributed by atoms with Crippen LogP contribution in [0.1, 0.15) is 43.5 Å². The third-order valence-corrected chi connectivity index (χ3v) is 3.51. The number of hydrogen-bond donors (Lipinski definition) is 1. The number of pyridine rings is 1. The largest absolute Gasteiger partial charge is 0.466 e. The lowest BCUT2D eigenvalue weighted by Gasteiger charge is -2.23. The fourth-order valence-corrected chi connectivity index (χ4v) is 2.38. The lowest BCUT2D eigenvalue weighted by Crippen LogP contribution is -2.27. The van der Waals surface area contributed by atoms with Crippen LogP contribution >= 0.6 is 0 Å². The van der Waals surface area contributed by atoms with E-state index in [0.717, 1.165) is 5.56 Å². The molecule has 22 heavy (non-hydrogen) atoms. The zero-order valence-electron chi connectivity index (χ0n) is 13.0. The molecule has 0 unspecified atom stereocenters. The van der Waals surface area contributed by atoms with Crippen LogP contribution in [0.25, 0.3) is 0 Å². The van der Waals surface area contributed by atoms with Crippen molar-refractivity contribution in [2.45, 2.75) is 32.4 Å². The lowest BCUT2D eigenvalue weighted by atomic mass is 10.0. The van der Waals surface area contributed by atoms with Gasteiger partial charge in [0.25, 0.3) is 0 Å². The third-order valence-electron chi connectivity index (χ3n) is 3.51. The molecule has 0 spiro atoms. The molecular weight excluding hydrogens is 276 g/mol. The van der Waals surface area contributed by atoms with Crippen LogP contribution in [-0.4, -0.2) is 17.6 Å². The van der Waals surface area contributed by atoms with Gasteiger partial charge >= 0.3 is 5.97 Å². The summed E-state index contributed by atoms with van der Waals surface area (Å²) in [7, 11) is 0. The van der Waals surface area contributed by atoms with Crippen LogP contribution in [0.4, 0.5) is 0 Å². The number of rotatable bonds is 7. The summed E-state index contributed by atoms with van der Waals surface area (Å²) in [5.41, 5.74) is 2.17. The Morgan fingerprint density at radius 1 is 1.18 bits per heavy atom. The van der Waals surface area contributed by atoms with Gasteiger partial charge in [0.15, 0.2) is 0 Å². The van der Waals surface area contributed by atoms with Crippen molar-refractivity contribution >= 4 is 5.97 Å². The Labute approximate surface area is 131 Å². The van der Waals surface area contributed by atoms with Gasteiger partial charge in [-0.3, -0.25) is 9.78 Å². The minimum atomic E-state index is -0.205. The van der Waals surface area contributed by atoms with Crippen LogP contribution < -0.4 is 5.32 Å². The number of carbonyl (C=O) groups excluding carboxylic acids is 1. The Hall–Kier alpha value is -2.20. The standard InChI is InChI=1S/C18H22N2O2/c1-3-22-18(21)12-17(16-10-7-11-19-13-16)20-14(2)15-8-5-4-6-9-15/h4-11,13-14,17,20H,3,12H2,1-2H3/t14-,17-/m0/s1. The van der Waals surface area contributed by atoms with Gasteiger partial charge in [0.2, 0.25) is 0 Å². The van der Waals surface area contributed by atoms with Crippen molar-refractivity contribution in [3.63, 3.8) is 0 Å². The van der Waals surface area contributed by atoms with Crippen molar-refractivity contribution in [3.8, 4) is 0 Å². The van der Waals surface area contributed by atoms with Crippen LogP contribution in [0, 0.1) is 0 Å². The third kappa shape index (κ3) is 4.67. The van der Waals surface area contributed by atoms with Crippen LogP contribution in [0.3, 0.4) is 0 Å². The van der Waals surface area contributed by atoms with Gasteiger partial charge in [-0.25, -0.2) is 0 Å². The Balaban J connectivity index is 2.12. The van der Waals surface area contributed by atoms with E-state index >= 15 is 0 Å². The van der Waals surface area contributed by atoms with E-state index in [0.29, 0.717) is 6.61 Å². The summed E-state index contributed by atoms with van der Waals surface area (Å²) in [6.07, 6.45) is 3.80. The summed E-state index contributed by atoms with van der Waals surface area (Å²) in [4.78, 5) is 16.0. The molecule has 0 radical (unpaired) electrons. The highest BCUT2D eigenvalue weighted by molar-refractivity contribution is 5.70. The molecule has 0 amide bonds. The van der Waals surface area contributed by atoms with Crippen molar-refractivity contribution in [1.82, 2.24) is 10.3 Å². The fourth-order valence-electron chi connectivity index (χ4n) is 2.38. The van der Waals surface area contributed by atoms with Gasteiger partial charge in [-0.2, -0.15) is 0 Å². The van der Waals surface area contributed by atoms with Crippen molar-refractivity contribution in [2.75, 3.05) is 6.61 Å². The molecular formula is C18H22N2O2. The average molecular weight is 298 g/mol. The lowest BCUT2D eigenvalue weighted by molar-refractivity contribution is -0.143. The first-order valence-electron chi connectivity index (χ1n) is 7.57. The monoisotopic (exact) mass is 298 g/mol. The van der Waals surface area contributed by atoms with Gasteiger partial charge in [0.1, 0.15) is 0 Å². The highest BCUT2D eigenvalue weighted by atomic mass is 16.5. The predicted molar refractivity (Wildman–Crippen MR) is 86.2 cm³/mol. The first kappa shape index (κ1) is 16.2. The Morgan fingerprint density at radius 3 is 2.55 bits per heavy atom. The molecule has 0 aliphatic heterocycles. The second-order valence-corrected chi connectivity index (χ2v) is 5.15. The van der Waals surface area contributed by atoms with Crippen molar-refractivity contribution in [3.05, 3.63) is 66.0 Å². The minimum Gasteiger partial charge on any atom is -0.466 e. The summed E-state index contributed by atoms with van der Waals surface area (Å²) in [6.45, 7) is 4.30. The smallest absolute Gasteiger partial charge is 0.307 e. The topological polar surface area (TPSA) is 51.2 Å². The maximum absolute atomic E-state index is 11.9. The number of carbonyl (C=O) groups is 1. The van der Waals surface area contributed by atoms with E-state index in [1.54, 1.807) is 12.4 Å². The Morgan fingerprint density at radius 2 is 1.91 bits per heavy atom. The maximum Gasteiger partial charge on any atom is 0.307 e. The Bertz CT molecular complexity index is 572. The molecule has 2 atom stereocenters. The molecule has 2 rings (SSSR count). The summed E-state index contributed by atoms with van der Waals surface area (Å²) in [5, 5.41) is 3.50. The fraction of sp³-hybridized carbons (Fsp3) is 0.333. The normalized spacial score (nSPS) is 13.4. The molecule has 4 nitrogen and oxygen atoms in total. The molecule has 0 aliphatic rings. The number of esters is 1. The van der Waals surface area contributed by atoms with Crippen LogP contribution in [-0.2, 0) is 9.53 Å². The molecule has 1 aromatic carbocycles. The molecule has 0 saturated carbocycles. The first-order valence-corrected chi connectivity index (χ1v) is 7.57. The molecule has 0 bridgehead atoms. The van der Waals surface area contributed by atoms with E-state index in [-0.39, 0.29) is 24.5 Å². The van der Waals surface area contributed by atoms with E-state index in [9.17, 15) is 4.79 Å². The van der Waals surface area contributed by atoms with E-state index in [4.69, 9.17) is 4.74 Å². The number of nitrogens with zero attached hydrogens (tertiary/aromatic N) is 1. The van der Waals surface area contributed by atoms with Crippen molar-refractivity contribution in [2.24, 2.45) is 0 Å². The summed E-state index contributed by atoms with van der Waals surface area (Å²) >= 11 is 0. The average Bonchev–Trinajstić information content (AvgIpc) is 2.56. The zero-order chi connectivity index (χ0) is 15.8. The summed E-state index contributed by atoms with van der Waals surface area (Å²) < 4.78 is 5.08. The second kappa shape index (κ2) is 8.29. The van der Waals surface area contributed by atoms with Gasteiger partial charge in [-0.05, 0) is 31.0 Å². The molecule has 1 N–H and O–H groups in total. The SMILES string of the molecule is CCOC(=O)C[C@H](N[C@@H](C)c1ccccc1)c1cccnc1. The first-order chi connectivity index (χ1) is 10.7. The highest BCUT2D eigenvalue weighted by Gasteiger charge is 2.19. The predicted octanol–water partition coefficient (Wildman–Crippen LogP) is 3.43. The van der Waals surface area contributed by atoms with Crippen LogP contribution in [0.15, 0.2) is 54.9 Å². The maximum atomic E-state index is 11.9. The Kier molecular flexibility index (Phi) is 6.10. The summed E-state index contributed by atoms with van der Waals surface area (Å²) in [5.74, 6) is -0.205. The number of nitrogens with one attached hydrogen (secondary N) is 1. The van der Waals surface area contributed by atoms with Gasteiger partial charge in [-0.1, -0.05) is 36.4 Å². The van der Waals surface area contributed by atoms with Crippen LogP contribution in [0.2, 0.25) is 0 Å². The second-order valence-electron chi connectivity index (χ2n) is 5.15. The molecule has 1 heterocycles. The zero-order valence-corrected chi connectivity index (χ0v) is 13.0. The van der Waals surface area contributed by atoms with Gasteiger partial charge in [0.05, 0.1) is 13.0 Å². The van der Waals surface area contributed by atoms with Crippen LogP contribution in [0.5, 0.6) is 0 Å². The number of ether oxygens (including phenoxy) is 1. The van der Waals surface area contributed by atoms with Crippen molar-refractivity contribution in [1.29, 1.82) is 0 Å². The van der Waals surface area contributed by atoms with Crippen molar-refractivity contribution < 1.29 is 9.53 Å².